The number of aliphatic hydroxyl groups is 2. The predicted molar refractivity (Wildman–Crippen MR) is 179 cm³/mol. The third-order valence-electron chi connectivity index (χ3n) is 8.07. The molecule has 0 atom stereocenters. The van der Waals surface area contributed by atoms with Crippen LogP contribution in [0.4, 0.5) is 0 Å². The van der Waals surface area contributed by atoms with Crippen molar-refractivity contribution < 1.29 is 30.0 Å². The summed E-state index contributed by atoms with van der Waals surface area (Å²) in [7, 11) is 0. The summed E-state index contributed by atoms with van der Waals surface area (Å²) in [5, 5.41) is 38.8. The number of ketones is 2. The van der Waals surface area contributed by atoms with Crippen LogP contribution in [0.15, 0.2) is 97.1 Å². The molecule has 4 N–H and O–H groups in total. The number of rotatable bonds is 19. The van der Waals surface area contributed by atoms with Crippen molar-refractivity contribution in [2.24, 2.45) is 0 Å². The Morgan fingerprint density at radius 3 is 1.28 bits per heavy atom. The van der Waals surface area contributed by atoms with E-state index < -0.39 is 0 Å². The molecule has 0 heterocycles. The average Bonchev–Trinajstić information content (AvgIpc) is 3.07. The molecule has 46 heavy (non-hydrogen) atoms. The Hall–Kier alpha value is -4.34. The fourth-order valence-electron chi connectivity index (χ4n) is 5.50. The molecule has 0 aliphatic carbocycles. The van der Waals surface area contributed by atoms with E-state index in [-0.39, 0.29) is 49.4 Å². The number of nitrogens with zero attached hydrogens (tertiary/aromatic N) is 2. The number of Topliss-reactive ketones (excluding diaryl/α,β-unsaturated/α-hetero) is 2. The molecule has 4 aromatic carbocycles. The molecule has 0 aliphatic heterocycles. The van der Waals surface area contributed by atoms with Crippen molar-refractivity contribution in [3.8, 4) is 11.5 Å². The van der Waals surface area contributed by atoms with Crippen LogP contribution >= 0.6 is 0 Å². The van der Waals surface area contributed by atoms with E-state index in [1.807, 2.05) is 60.7 Å². The number of hydrogen-bond donors (Lipinski definition) is 4. The van der Waals surface area contributed by atoms with Gasteiger partial charge in [-0.15, -0.1) is 0 Å². The zero-order chi connectivity index (χ0) is 32.7. The van der Waals surface area contributed by atoms with Crippen molar-refractivity contribution in [1.29, 1.82) is 0 Å². The molecule has 0 fully saturated rings. The molecular formula is C38H44N2O6. The lowest BCUT2D eigenvalue weighted by Gasteiger charge is -2.23. The summed E-state index contributed by atoms with van der Waals surface area (Å²) in [4.78, 5) is 30.6. The molecule has 8 nitrogen and oxygen atoms in total. The van der Waals surface area contributed by atoms with Crippen LogP contribution < -0.4 is 0 Å². The van der Waals surface area contributed by atoms with Gasteiger partial charge in [0, 0.05) is 35.3 Å². The highest BCUT2D eigenvalue weighted by Crippen LogP contribution is 2.21. The summed E-state index contributed by atoms with van der Waals surface area (Å²) in [6.45, 7) is 2.55. The number of phenols is 2. The molecule has 0 spiro atoms. The molecule has 8 heteroatoms. The Kier molecular flexibility index (Phi) is 13.5. The van der Waals surface area contributed by atoms with Crippen molar-refractivity contribution in [3.63, 3.8) is 0 Å². The van der Waals surface area contributed by atoms with Crippen LogP contribution in [-0.4, -0.2) is 68.0 Å². The summed E-state index contributed by atoms with van der Waals surface area (Å²) in [5.41, 5.74) is 3.85. The summed E-state index contributed by atoms with van der Waals surface area (Å²) < 4.78 is 0. The maximum absolute atomic E-state index is 13.2. The van der Waals surface area contributed by atoms with Crippen molar-refractivity contribution in [2.75, 3.05) is 26.2 Å². The average molecular weight is 625 g/mol. The van der Waals surface area contributed by atoms with Gasteiger partial charge in [0.25, 0.3) is 0 Å². The highest BCUT2D eigenvalue weighted by molar-refractivity contribution is 5.98. The van der Waals surface area contributed by atoms with E-state index in [2.05, 4.69) is 9.80 Å². The minimum atomic E-state index is -0.334. The third-order valence-corrected chi connectivity index (χ3v) is 8.07. The molecule has 0 saturated heterocycles. The largest absolute Gasteiger partial charge is 0.508 e. The van der Waals surface area contributed by atoms with Crippen molar-refractivity contribution in [1.82, 2.24) is 9.80 Å². The Balaban J connectivity index is 1.31. The van der Waals surface area contributed by atoms with Crippen LogP contribution in [0.2, 0.25) is 0 Å². The first kappa shape index (κ1) is 34.5. The molecule has 0 saturated carbocycles. The number of aliphatic hydroxyl groups excluding tert-OH is 2. The monoisotopic (exact) mass is 624 g/mol. The van der Waals surface area contributed by atoms with Crippen LogP contribution in [0.5, 0.6) is 11.5 Å². The highest BCUT2D eigenvalue weighted by atomic mass is 16.3. The standard InChI is InChI=1S/C38H44N2O6/c41-27-33-21-31(15-17-35(33)43)37(45)25-39(23-29-11-5-3-6-12-29)19-9-1-2-10-20-40(24-30-13-7-4-8-14-30)26-38(46)32-16-18-36(44)34(22-32)28-42/h3-8,11-18,21-22,41-44H,1-2,9-10,19-20,23-28H2. The van der Waals surface area contributed by atoms with E-state index in [9.17, 15) is 30.0 Å². The maximum atomic E-state index is 13.2. The Bertz CT molecular complexity index is 1430. The van der Waals surface area contributed by atoms with Gasteiger partial charge in [0.05, 0.1) is 26.3 Å². The fourth-order valence-corrected chi connectivity index (χ4v) is 5.50. The molecule has 0 bridgehead atoms. The summed E-state index contributed by atoms with van der Waals surface area (Å²) in [6.07, 6.45) is 3.76. The van der Waals surface area contributed by atoms with Crippen LogP contribution in [0, 0.1) is 0 Å². The molecule has 0 aliphatic rings. The van der Waals surface area contributed by atoms with Gasteiger partial charge in [-0.2, -0.15) is 0 Å². The number of carbonyl (C=O) groups is 2. The van der Waals surface area contributed by atoms with Gasteiger partial charge in [0.1, 0.15) is 11.5 Å². The number of hydrogen-bond acceptors (Lipinski definition) is 8. The van der Waals surface area contributed by atoms with Gasteiger partial charge in [0.2, 0.25) is 0 Å². The number of carbonyl (C=O) groups excluding carboxylic acids is 2. The van der Waals surface area contributed by atoms with E-state index in [1.165, 1.54) is 12.1 Å². The van der Waals surface area contributed by atoms with E-state index >= 15 is 0 Å². The first-order valence-corrected chi connectivity index (χ1v) is 15.8. The smallest absolute Gasteiger partial charge is 0.176 e. The second-order valence-electron chi connectivity index (χ2n) is 11.7. The van der Waals surface area contributed by atoms with E-state index in [4.69, 9.17) is 0 Å². The molecule has 242 valence electrons. The first-order valence-electron chi connectivity index (χ1n) is 15.8. The van der Waals surface area contributed by atoms with Gasteiger partial charge in [-0.25, -0.2) is 0 Å². The summed E-state index contributed by atoms with van der Waals surface area (Å²) in [6, 6.07) is 29.3. The summed E-state index contributed by atoms with van der Waals surface area (Å²) >= 11 is 0. The van der Waals surface area contributed by atoms with E-state index in [0.29, 0.717) is 35.3 Å². The fraction of sp³-hybridized carbons (Fsp3) is 0.316. The van der Waals surface area contributed by atoms with Crippen LogP contribution in [0.1, 0.15) is 68.7 Å². The van der Waals surface area contributed by atoms with Crippen molar-refractivity contribution in [3.05, 3.63) is 130 Å². The van der Waals surface area contributed by atoms with E-state index in [1.54, 1.807) is 24.3 Å². The minimum absolute atomic E-state index is 0.0249. The van der Waals surface area contributed by atoms with Crippen LogP contribution in [0.25, 0.3) is 0 Å². The van der Waals surface area contributed by atoms with Gasteiger partial charge in [0.15, 0.2) is 11.6 Å². The normalized spacial score (nSPS) is 11.3. The van der Waals surface area contributed by atoms with Crippen molar-refractivity contribution >= 4 is 11.6 Å². The number of unbranched alkanes of at least 4 members (excludes halogenated alkanes) is 3. The Labute approximate surface area is 271 Å². The van der Waals surface area contributed by atoms with Gasteiger partial charge < -0.3 is 20.4 Å². The van der Waals surface area contributed by atoms with Gasteiger partial charge in [-0.05, 0) is 73.5 Å². The first-order chi connectivity index (χ1) is 22.4. The predicted octanol–water partition coefficient (Wildman–Crippen LogP) is 5.71. The third kappa shape index (κ3) is 10.6. The molecule has 0 amide bonds. The lowest BCUT2D eigenvalue weighted by Crippen LogP contribution is -2.31. The minimum Gasteiger partial charge on any atom is -0.508 e. The Morgan fingerprint density at radius 1 is 0.522 bits per heavy atom. The molecule has 0 unspecified atom stereocenters. The Morgan fingerprint density at radius 2 is 0.913 bits per heavy atom. The zero-order valence-electron chi connectivity index (χ0n) is 26.2. The SMILES string of the molecule is O=C(CN(CCCCCCN(CC(=O)c1ccc(O)c(CO)c1)Cc1ccccc1)Cc1ccccc1)c1ccc(O)c(CO)c1. The topological polar surface area (TPSA) is 122 Å². The van der Waals surface area contributed by atoms with Crippen molar-refractivity contribution in [2.45, 2.75) is 52.0 Å². The van der Waals surface area contributed by atoms with Gasteiger partial charge in [-0.3, -0.25) is 19.4 Å². The summed E-state index contributed by atoms with van der Waals surface area (Å²) in [5.74, 6) is -0.177. The molecular weight excluding hydrogens is 580 g/mol. The molecule has 4 aromatic rings. The van der Waals surface area contributed by atoms with Crippen LogP contribution in [-0.2, 0) is 26.3 Å². The van der Waals surface area contributed by atoms with Crippen LogP contribution in [0.3, 0.4) is 0 Å². The van der Waals surface area contributed by atoms with Gasteiger partial charge in [-0.1, -0.05) is 73.5 Å². The lowest BCUT2D eigenvalue weighted by atomic mass is 10.1. The molecule has 0 radical (unpaired) electrons. The lowest BCUT2D eigenvalue weighted by molar-refractivity contribution is 0.0912. The second kappa shape index (κ2) is 18.0. The quantitative estimate of drug-likeness (QED) is 0.0773. The number of aromatic hydroxyl groups is 2. The second-order valence-corrected chi connectivity index (χ2v) is 11.7. The highest BCUT2D eigenvalue weighted by Gasteiger charge is 2.17. The zero-order valence-corrected chi connectivity index (χ0v) is 26.2. The molecule has 4 rings (SSSR count). The maximum Gasteiger partial charge on any atom is 0.176 e. The van der Waals surface area contributed by atoms with E-state index in [0.717, 1.165) is 49.9 Å². The van der Waals surface area contributed by atoms with Gasteiger partial charge >= 0.3 is 0 Å². The molecule has 0 aromatic heterocycles. The number of benzene rings is 4.